The minimum absolute atomic E-state index is 0.0452. The average Bonchev–Trinajstić information content (AvgIpc) is 3.67. The summed E-state index contributed by atoms with van der Waals surface area (Å²) in [5.74, 6) is 0.204. The van der Waals surface area contributed by atoms with Crippen LogP contribution in [0.4, 0.5) is 0 Å². The van der Waals surface area contributed by atoms with E-state index >= 15 is 0 Å². The minimum atomic E-state index is -1.01. The van der Waals surface area contributed by atoms with Gasteiger partial charge in [-0.15, -0.1) is 0 Å². The van der Waals surface area contributed by atoms with Crippen LogP contribution in [0.1, 0.15) is 105 Å². The van der Waals surface area contributed by atoms with Gasteiger partial charge in [-0.2, -0.15) is 0 Å². The first-order valence-electron chi connectivity index (χ1n) is 20.9. The highest BCUT2D eigenvalue weighted by atomic mass is 16.7. The van der Waals surface area contributed by atoms with Gasteiger partial charge in [0.15, 0.2) is 18.9 Å². The highest BCUT2D eigenvalue weighted by Gasteiger charge is 2.71. The number of aliphatic hydroxyl groups is 6. The molecule has 14 nitrogen and oxygen atoms in total. The fourth-order valence-electron chi connectivity index (χ4n) is 12.8. The summed E-state index contributed by atoms with van der Waals surface area (Å²) < 4.78 is 42.1. The van der Waals surface area contributed by atoms with E-state index < -0.39 is 90.9 Å². The predicted molar refractivity (Wildman–Crippen MR) is 193 cm³/mol. The first kappa shape index (κ1) is 40.5. The van der Waals surface area contributed by atoms with Crippen molar-refractivity contribution in [3.05, 3.63) is 11.6 Å². The van der Waals surface area contributed by atoms with Gasteiger partial charge in [-0.25, -0.2) is 4.79 Å². The Kier molecular flexibility index (Phi) is 11.1. The van der Waals surface area contributed by atoms with E-state index in [2.05, 4.69) is 6.92 Å². The number of cyclic esters (lactones) is 1. The largest absolute Gasteiger partial charge is 0.458 e. The molecule has 4 aliphatic carbocycles. The highest BCUT2D eigenvalue weighted by molar-refractivity contribution is 5.85. The standard InChI is InChI=1S/C41H64O14/c1-19-36(47)28(42)15-34(50-19)54-38-21(3)52-35(17-30(38)44)55-37-20(2)51-33(16-29(37)43)53-24-8-10-39(4)23(13-24)6-7-26-27(39)14-31(45)40(5)25(9-11-41(26,40)48)22-12-32(46)49-18-22/h12,19-21,23-31,33-38,42-45,47-48H,6-11,13-18H2,1-5H3/t19?,20?,21?,23-,24?,25?,26-,27-,28?,29?,30?,31?,33-,34+,35+,36?,37?,38?,39+,40+,41-/m1/s1. The Morgan fingerprint density at radius 3 is 1.87 bits per heavy atom. The number of hydrogen-bond acceptors (Lipinski definition) is 14. The molecule has 0 spiro atoms. The number of ether oxygens (including phenoxy) is 7. The van der Waals surface area contributed by atoms with E-state index in [9.17, 15) is 35.4 Å². The molecular formula is C41H64O14. The van der Waals surface area contributed by atoms with E-state index in [1.54, 1.807) is 19.9 Å². The zero-order valence-corrected chi connectivity index (χ0v) is 32.9. The Morgan fingerprint density at radius 2 is 1.29 bits per heavy atom. The van der Waals surface area contributed by atoms with Crippen molar-refractivity contribution in [1.29, 1.82) is 0 Å². The molecule has 12 unspecified atom stereocenters. The predicted octanol–water partition coefficient (Wildman–Crippen LogP) is 2.22. The van der Waals surface area contributed by atoms with E-state index in [-0.39, 0.29) is 61.1 Å². The number of hydrogen-bond donors (Lipinski definition) is 6. The van der Waals surface area contributed by atoms with Crippen LogP contribution >= 0.6 is 0 Å². The number of fused-ring (bicyclic) bond motifs is 5. The first-order chi connectivity index (χ1) is 26.0. The molecule has 4 saturated carbocycles. The molecule has 0 aromatic rings. The van der Waals surface area contributed by atoms with Crippen molar-refractivity contribution in [2.24, 2.45) is 34.5 Å². The molecule has 7 fully saturated rings. The number of carbonyl (C=O) groups excluding carboxylic acids is 1. The Labute approximate surface area is 323 Å². The summed E-state index contributed by atoms with van der Waals surface area (Å²) in [5.41, 5.74) is -0.892. The molecule has 14 heteroatoms. The molecule has 4 heterocycles. The lowest BCUT2D eigenvalue weighted by Gasteiger charge is -2.65. The summed E-state index contributed by atoms with van der Waals surface area (Å²) in [7, 11) is 0. The molecule has 8 aliphatic rings. The van der Waals surface area contributed by atoms with Crippen LogP contribution in [-0.4, -0.2) is 135 Å². The summed E-state index contributed by atoms with van der Waals surface area (Å²) >= 11 is 0. The van der Waals surface area contributed by atoms with E-state index in [1.165, 1.54) is 0 Å². The topological polar surface area (TPSA) is 203 Å². The van der Waals surface area contributed by atoms with Gasteiger partial charge in [0.2, 0.25) is 0 Å². The van der Waals surface area contributed by atoms with Crippen LogP contribution in [-0.2, 0) is 38.0 Å². The molecule has 0 aromatic carbocycles. The van der Waals surface area contributed by atoms with Crippen molar-refractivity contribution in [3.63, 3.8) is 0 Å². The summed E-state index contributed by atoms with van der Waals surface area (Å²) in [6, 6.07) is 0. The van der Waals surface area contributed by atoms with Gasteiger partial charge < -0.3 is 63.8 Å². The van der Waals surface area contributed by atoms with E-state index in [0.717, 1.165) is 44.1 Å². The van der Waals surface area contributed by atoms with Crippen LogP contribution in [0.15, 0.2) is 11.6 Å². The first-order valence-corrected chi connectivity index (χ1v) is 20.9. The van der Waals surface area contributed by atoms with Crippen LogP contribution in [0, 0.1) is 34.5 Å². The fourth-order valence-corrected chi connectivity index (χ4v) is 12.8. The minimum Gasteiger partial charge on any atom is -0.458 e. The zero-order chi connectivity index (χ0) is 39.2. The van der Waals surface area contributed by atoms with Crippen molar-refractivity contribution < 1.29 is 68.6 Å². The Bertz CT molecular complexity index is 1410. The molecule has 4 aliphatic heterocycles. The molecule has 3 saturated heterocycles. The molecule has 0 bridgehead atoms. The highest BCUT2D eigenvalue weighted by Crippen LogP contribution is 2.70. The quantitative estimate of drug-likeness (QED) is 0.162. The second-order valence-corrected chi connectivity index (χ2v) is 18.8. The van der Waals surface area contributed by atoms with Crippen molar-refractivity contribution in [2.75, 3.05) is 6.61 Å². The second-order valence-electron chi connectivity index (χ2n) is 18.8. The summed E-state index contributed by atoms with van der Waals surface area (Å²) in [6.45, 7) is 9.90. The SMILES string of the molecule is CC1O[C@@H](OC2C(O)C[C@H](OC3C(O)C[C@@H](OC4CC[C@@]5(C)[C@H](CC[C@@H]6[C@H]5CC(O)[C@]5(C)C(C7=CC(=O)OC7)CC[C@@]65O)C4)OC3C)OC2C)CC(O)C1O. The molecule has 6 N–H and O–H groups in total. The molecule has 55 heavy (non-hydrogen) atoms. The lowest BCUT2D eigenvalue weighted by Crippen LogP contribution is -2.67. The van der Waals surface area contributed by atoms with Crippen LogP contribution < -0.4 is 0 Å². The Balaban J connectivity index is 0.837. The lowest BCUT2D eigenvalue weighted by atomic mass is 9.42. The fraction of sp³-hybridized carbons (Fsp3) is 0.927. The van der Waals surface area contributed by atoms with Gasteiger partial charge in [-0.1, -0.05) is 13.8 Å². The number of carbonyl (C=O) groups is 1. The maximum absolute atomic E-state index is 12.6. The van der Waals surface area contributed by atoms with Gasteiger partial charge in [0, 0.05) is 30.8 Å². The van der Waals surface area contributed by atoms with Crippen molar-refractivity contribution in [2.45, 2.75) is 197 Å². The van der Waals surface area contributed by atoms with Gasteiger partial charge in [-0.3, -0.25) is 0 Å². The maximum Gasteiger partial charge on any atom is 0.331 e. The third-order valence-corrected chi connectivity index (χ3v) is 16.0. The molecule has 8 rings (SSSR count). The number of aliphatic hydroxyl groups excluding tert-OH is 5. The monoisotopic (exact) mass is 780 g/mol. The van der Waals surface area contributed by atoms with E-state index in [0.29, 0.717) is 18.8 Å². The molecular weight excluding hydrogens is 716 g/mol. The number of rotatable bonds is 7. The second kappa shape index (κ2) is 15.1. The third kappa shape index (κ3) is 6.95. The van der Waals surface area contributed by atoms with Crippen molar-refractivity contribution in [1.82, 2.24) is 0 Å². The van der Waals surface area contributed by atoms with Crippen LogP contribution in [0.3, 0.4) is 0 Å². The summed E-state index contributed by atoms with van der Waals surface area (Å²) in [4.78, 5) is 11.9. The summed E-state index contributed by atoms with van der Waals surface area (Å²) in [5, 5.41) is 66.9. The third-order valence-electron chi connectivity index (χ3n) is 16.0. The van der Waals surface area contributed by atoms with Gasteiger partial charge in [-0.05, 0) is 107 Å². The van der Waals surface area contributed by atoms with Crippen LogP contribution in [0.25, 0.3) is 0 Å². The average molecular weight is 781 g/mol. The smallest absolute Gasteiger partial charge is 0.331 e. The zero-order valence-electron chi connectivity index (χ0n) is 32.9. The Hall–Kier alpha value is -1.27. The molecule has 0 amide bonds. The van der Waals surface area contributed by atoms with Crippen LogP contribution in [0.2, 0.25) is 0 Å². The van der Waals surface area contributed by atoms with Crippen LogP contribution in [0.5, 0.6) is 0 Å². The van der Waals surface area contributed by atoms with Gasteiger partial charge in [0.25, 0.3) is 0 Å². The normalized spacial score (nSPS) is 55.5. The lowest BCUT2D eigenvalue weighted by molar-refractivity contribution is -0.336. The van der Waals surface area contributed by atoms with Crippen molar-refractivity contribution >= 4 is 5.97 Å². The molecule has 312 valence electrons. The van der Waals surface area contributed by atoms with Crippen molar-refractivity contribution in [3.8, 4) is 0 Å². The van der Waals surface area contributed by atoms with Gasteiger partial charge in [0.05, 0.1) is 54.4 Å². The maximum atomic E-state index is 12.6. The molecule has 0 aromatic heterocycles. The van der Waals surface area contributed by atoms with E-state index in [1.807, 2.05) is 13.8 Å². The molecule has 21 atom stereocenters. The summed E-state index contributed by atoms with van der Waals surface area (Å²) in [6.07, 6.45) is -1.51. The Morgan fingerprint density at radius 1 is 0.691 bits per heavy atom. The van der Waals surface area contributed by atoms with Gasteiger partial charge in [0.1, 0.15) is 24.9 Å². The number of esters is 1. The van der Waals surface area contributed by atoms with Gasteiger partial charge >= 0.3 is 5.97 Å². The molecule has 0 radical (unpaired) electrons. The van der Waals surface area contributed by atoms with E-state index in [4.69, 9.17) is 33.2 Å².